The molecule has 1 fully saturated rings. The van der Waals surface area contributed by atoms with Crippen LogP contribution in [0.15, 0.2) is 11.4 Å². The number of hydrogen-bond donors (Lipinski definition) is 3. The normalized spacial score (nSPS) is 17.2. The highest BCUT2D eigenvalue weighted by Crippen LogP contribution is 2.18. The van der Waals surface area contributed by atoms with Crippen LogP contribution in [0.1, 0.15) is 12.0 Å². The highest BCUT2D eigenvalue weighted by molar-refractivity contribution is 7.14. The summed E-state index contributed by atoms with van der Waals surface area (Å²) in [7, 11) is 0. The van der Waals surface area contributed by atoms with Crippen molar-refractivity contribution in [1.29, 1.82) is 0 Å². The maximum atomic E-state index is 11.8. The van der Waals surface area contributed by atoms with Gasteiger partial charge in [-0.1, -0.05) is 0 Å². The summed E-state index contributed by atoms with van der Waals surface area (Å²) in [6.45, 7) is 6.42. The standard InChI is InChI=1S/C12H20N4OS/c1-10-7-12(18-9-10)15-14-11(17)8-16-5-2-3-13-4-6-16/h7,9,13,15H,2-6,8H2,1H3,(H,14,17). The van der Waals surface area contributed by atoms with Gasteiger partial charge >= 0.3 is 0 Å². The van der Waals surface area contributed by atoms with Crippen LogP contribution >= 0.6 is 11.3 Å². The minimum absolute atomic E-state index is 0.0166. The number of rotatable bonds is 4. The van der Waals surface area contributed by atoms with Gasteiger partial charge in [0.15, 0.2) is 0 Å². The first-order chi connectivity index (χ1) is 8.74. The Balaban J connectivity index is 1.71. The fourth-order valence-electron chi connectivity index (χ4n) is 1.93. The molecule has 100 valence electrons. The van der Waals surface area contributed by atoms with E-state index in [0.717, 1.165) is 37.6 Å². The summed E-state index contributed by atoms with van der Waals surface area (Å²) < 4.78 is 0. The van der Waals surface area contributed by atoms with Crippen molar-refractivity contribution in [1.82, 2.24) is 15.6 Å². The molecule has 0 radical (unpaired) electrons. The molecule has 1 aliphatic rings. The van der Waals surface area contributed by atoms with Gasteiger partial charge in [0, 0.05) is 13.1 Å². The predicted octanol–water partition coefficient (Wildman–Crippen LogP) is 0.795. The van der Waals surface area contributed by atoms with Crippen molar-refractivity contribution in [2.75, 3.05) is 38.1 Å². The molecule has 1 aromatic heterocycles. The Bertz CT molecular complexity index is 385. The van der Waals surface area contributed by atoms with Gasteiger partial charge in [0.05, 0.1) is 6.54 Å². The smallest absolute Gasteiger partial charge is 0.252 e. The van der Waals surface area contributed by atoms with Crippen molar-refractivity contribution in [3.63, 3.8) is 0 Å². The molecule has 2 rings (SSSR count). The van der Waals surface area contributed by atoms with E-state index in [-0.39, 0.29) is 5.91 Å². The van der Waals surface area contributed by atoms with Crippen LogP contribution in [0.25, 0.3) is 0 Å². The highest BCUT2D eigenvalue weighted by atomic mass is 32.1. The number of carbonyl (C=O) groups is 1. The summed E-state index contributed by atoms with van der Waals surface area (Å²) in [5.41, 5.74) is 6.89. The van der Waals surface area contributed by atoms with Crippen LogP contribution in [0.3, 0.4) is 0 Å². The van der Waals surface area contributed by atoms with Gasteiger partial charge in [0.1, 0.15) is 5.00 Å². The molecule has 1 amide bonds. The fraction of sp³-hybridized carbons (Fsp3) is 0.583. The highest BCUT2D eigenvalue weighted by Gasteiger charge is 2.12. The first kappa shape index (κ1) is 13.3. The number of nitrogens with one attached hydrogen (secondary N) is 3. The number of carbonyl (C=O) groups excluding carboxylic acids is 1. The van der Waals surface area contributed by atoms with E-state index in [0.29, 0.717) is 6.54 Å². The molecule has 18 heavy (non-hydrogen) atoms. The molecule has 2 heterocycles. The average Bonchev–Trinajstić information content (AvgIpc) is 2.60. The van der Waals surface area contributed by atoms with Gasteiger partial charge in [-0.2, -0.15) is 0 Å². The third-order valence-electron chi connectivity index (χ3n) is 2.86. The van der Waals surface area contributed by atoms with E-state index in [4.69, 9.17) is 0 Å². The van der Waals surface area contributed by atoms with Crippen molar-refractivity contribution in [3.8, 4) is 0 Å². The Kier molecular flexibility index (Phi) is 4.98. The molecular weight excluding hydrogens is 248 g/mol. The fourth-order valence-corrected chi connectivity index (χ4v) is 2.68. The van der Waals surface area contributed by atoms with E-state index in [2.05, 4.69) is 26.4 Å². The lowest BCUT2D eigenvalue weighted by molar-refractivity contribution is -0.121. The van der Waals surface area contributed by atoms with Gasteiger partial charge < -0.3 is 5.32 Å². The third-order valence-corrected chi connectivity index (χ3v) is 3.82. The van der Waals surface area contributed by atoms with E-state index in [1.165, 1.54) is 5.56 Å². The predicted molar refractivity (Wildman–Crippen MR) is 74.7 cm³/mol. The van der Waals surface area contributed by atoms with Gasteiger partial charge in [-0.15, -0.1) is 11.3 Å². The van der Waals surface area contributed by atoms with Crippen molar-refractivity contribution >= 4 is 22.2 Å². The molecular formula is C12H20N4OS. The monoisotopic (exact) mass is 268 g/mol. The van der Waals surface area contributed by atoms with E-state index in [1.807, 2.05) is 13.0 Å². The van der Waals surface area contributed by atoms with Crippen LogP contribution in [0, 0.1) is 6.92 Å². The van der Waals surface area contributed by atoms with Gasteiger partial charge in [-0.25, -0.2) is 0 Å². The number of anilines is 1. The summed E-state index contributed by atoms with van der Waals surface area (Å²) in [6, 6.07) is 2.01. The van der Waals surface area contributed by atoms with E-state index in [1.54, 1.807) is 11.3 Å². The second-order valence-electron chi connectivity index (χ2n) is 4.54. The van der Waals surface area contributed by atoms with Crippen molar-refractivity contribution in [2.45, 2.75) is 13.3 Å². The maximum absolute atomic E-state index is 11.8. The zero-order valence-corrected chi connectivity index (χ0v) is 11.5. The number of thiophene rings is 1. The molecule has 0 bridgehead atoms. The Morgan fingerprint density at radius 1 is 1.50 bits per heavy atom. The SMILES string of the molecule is Cc1csc(NNC(=O)CN2CCCNCC2)c1. The summed E-state index contributed by atoms with van der Waals surface area (Å²) >= 11 is 1.59. The average molecular weight is 268 g/mol. The molecule has 1 saturated heterocycles. The van der Waals surface area contributed by atoms with Crippen LogP contribution in [-0.4, -0.2) is 43.5 Å². The molecule has 6 heteroatoms. The molecule has 5 nitrogen and oxygen atoms in total. The van der Waals surface area contributed by atoms with Crippen LogP contribution in [0.4, 0.5) is 5.00 Å². The minimum Gasteiger partial charge on any atom is -0.315 e. The lowest BCUT2D eigenvalue weighted by Gasteiger charge is -2.18. The molecule has 0 aliphatic carbocycles. The second-order valence-corrected chi connectivity index (χ2v) is 5.45. The van der Waals surface area contributed by atoms with E-state index < -0.39 is 0 Å². The van der Waals surface area contributed by atoms with Crippen LogP contribution < -0.4 is 16.2 Å². The third kappa shape index (κ3) is 4.29. The van der Waals surface area contributed by atoms with Crippen molar-refractivity contribution < 1.29 is 4.79 Å². The molecule has 1 aliphatic heterocycles. The summed E-state index contributed by atoms with van der Waals surface area (Å²) in [6.07, 6.45) is 1.10. The molecule has 3 N–H and O–H groups in total. The van der Waals surface area contributed by atoms with Gasteiger partial charge in [-0.3, -0.25) is 20.5 Å². The molecule has 0 atom stereocenters. The molecule has 1 aromatic rings. The number of aryl methyl sites for hydroxylation is 1. The number of hydrogen-bond acceptors (Lipinski definition) is 5. The first-order valence-corrected chi connectivity index (χ1v) is 7.15. The Labute approximate surface area is 112 Å². The van der Waals surface area contributed by atoms with Crippen molar-refractivity contribution in [2.24, 2.45) is 0 Å². The summed E-state index contributed by atoms with van der Waals surface area (Å²) in [4.78, 5) is 13.9. The Morgan fingerprint density at radius 3 is 3.17 bits per heavy atom. The van der Waals surface area contributed by atoms with E-state index in [9.17, 15) is 4.79 Å². The second kappa shape index (κ2) is 6.72. The van der Waals surface area contributed by atoms with Gasteiger partial charge in [0.25, 0.3) is 5.91 Å². The van der Waals surface area contributed by atoms with E-state index >= 15 is 0 Å². The van der Waals surface area contributed by atoms with Gasteiger partial charge in [-0.05, 0) is 43.4 Å². The zero-order valence-electron chi connectivity index (χ0n) is 10.7. The first-order valence-electron chi connectivity index (χ1n) is 6.27. The van der Waals surface area contributed by atoms with Crippen LogP contribution in [0.5, 0.6) is 0 Å². The number of hydrazine groups is 1. The molecule has 0 aromatic carbocycles. The molecule has 0 spiro atoms. The topological polar surface area (TPSA) is 56.4 Å². The van der Waals surface area contributed by atoms with Crippen molar-refractivity contribution in [3.05, 3.63) is 17.0 Å². The lowest BCUT2D eigenvalue weighted by Crippen LogP contribution is -2.40. The number of nitrogens with zero attached hydrogens (tertiary/aromatic N) is 1. The Hall–Kier alpha value is -1.11. The largest absolute Gasteiger partial charge is 0.315 e. The Morgan fingerprint density at radius 2 is 2.39 bits per heavy atom. The zero-order chi connectivity index (χ0) is 12.8. The minimum atomic E-state index is 0.0166. The van der Waals surface area contributed by atoms with Gasteiger partial charge in [0.2, 0.25) is 0 Å². The summed E-state index contributed by atoms with van der Waals surface area (Å²) in [5, 5.41) is 6.35. The molecule has 0 saturated carbocycles. The number of amides is 1. The molecule has 0 unspecified atom stereocenters. The van der Waals surface area contributed by atoms with Crippen LogP contribution in [-0.2, 0) is 4.79 Å². The quantitative estimate of drug-likeness (QED) is 0.707. The lowest BCUT2D eigenvalue weighted by atomic mass is 10.4. The van der Waals surface area contributed by atoms with Crippen LogP contribution in [0.2, 0.25) is 0 Å². The summed E-state index contributed by atoms with van der Waals surface area (Å²) in [5.74, 6) is 0.0166. The maximum Gasteiger partial charge on any atom is 0.252 e.